The van der Waals surface area contributed by atoms with Crippen LogP contribution >= 0.6 is 15.9 Å². The Morgan fingerprint density at radius 3 is 3.00 bits per heavy atom. The van der Waals surface area contributed by atoms with Crippen molar-refractivity contribution in [2.45, 2.75) is 20.4 Å². The summed E-state index contributed by atoms with van der Waals surface area (Å²) in [6.45, 7) is 5.77. The number of rotatable bonds is 6. The summed E-state index contributed by atoms with van der Waals surface area (Å²) in [7, 11) is 0. The molecule has 0 saturated carbocycles. The van der Waals surface area contributed by atoms with Crippen LogP contribution in [0.2, 0.25) is 0 Å². The number of aromatic nitrogens is 1. The van der Waals surface area contributed by atoms with Crippen LogP contribution in [0.15, 0.2) is 33.4 Å². The molecule has 20 heavy (non-hydrogen) atoms. The largest absolute Gasteiger partial charge is 0.417 e. The lowest BCUT2D eigenvalue weighted by molar-refractivity contribution is 0.328. The van der Waals surface area contributed by atoms with E-state index in [1.165, 1.54) is 18.4 Å². The van der Waals surface area contributed by atoms with Gasteiger partial charge in [-0.1, -0.05) is 13.8 Å². The Bertz CT molecular complexity index is 572. The predicted octanol–water partition coefficient (Wildman–Crippen LogP) is 4.11. The minimum atomic E-state index is -0.381. The molecule has 0 aliphatic carbocycles. The molecule has 1 aromatic carbocycles. The van der Waals surface area contributed by atoms with Gasteiger partial charge in [0.2, 0.25) is 0 Å². The first-order valence-electron chi connectivity index (χ1n) is 6.32. The summed E-state index contributed by atoms with van der Waals surface area (Å²) >= 11 is 3.28. The first-order chi connectivity index (χ1) is 9.54. The zero-order chi connectivity index (χ0) is 14.5. The molecule has 1 N–H and O–H groups in total. The van der Waals surface area contributed by atoms with Crippen LogP contribution in [-0.4, -0.2) is 11.5 Å². The van der Waals surface area contributed by atoms with Crippen molar-refractivity contribution in [3.05, 3.63) is 40.4 Å². The van der Waals surface area contributed by atoms with E-state index < -0.39 is 0 Å². The van der Waals surface area contributed by atoms with Crippen LogP contribution < -0.4 is 10.1 Å². The Labute approximate surface area is 125 Å². The Morgan fingerprint density at radius 2 is 2.25 bits per heavy atom. The summed E-state index contributed by atoms with van der Waals surface area (Å²) in [5.74, 6) is 0.517. The maximum atomic E-state index is 13.1. The first kappa shape index (κ1) is 15.0. The zero-order valence-electron chi connectivity index (χ0n) is 11.3. The fourth-order valence-corrected chi connectivity index (χ4v) is 1.88. The third-order valence-corrected chi connectivity index (χ3v) is 3.14. The summed E-state index contributed by atoms with van der Waals surface area (Å²) in [4.78, 5) is 4.18. The van der Waals surface area contributed by atoms with Gasteiger partial charge in [0.15, 0.2) is 0 Å². The van der Waals surface area contributed by atoms with E-state index in [9.17, 15) is 4.39 Å². The van der Waals surface area contributed by atoms with E-state index in [0.29, 0.717) is 22.7 Å². The standard InChI is InChI=1S/C14H16BrFN2O2/c1-9(2)6-17-7-11-8-19-14(18-11)20-13-5-10(16)3-4-12(13)15/h3-5,8-9,17H,6-7H2,1-2H3. The van der Waals surface area contributed by atoms with Crippen LogP contribution in [0.4, 0.5) is 4.39 Å². The van der Waals surface area contributed by atoms with E-state index in [2.05, 4.69) is 40.1 Å². The molecule has 0 aliphatic rings. The van der Waals surface area contributed by atoms with Crippen molar-refractivity contribution in [2.75, 3.05) is 6.54 Å². The van der Waals surface area contributed by atoms with Gasteiger partial charge in [0.25, 0.3) is 0 Å². The maximum Gasteiger partial charge on any atom is 0.399 e. The van der Waals surface area contributed by atoms with Crippen molar-refractivity contribution in [1.29, 1.82) is 0 Å². The maximum absolute atomic E-state index is 13.1. The molecule has 0 radical (unpaired) electrons. The van der Waals surface area contributed by atoms with Crippen LogP contribution in [-0.2, 0) is 6.54 Å². The van der Waals surface area contributed by atoms with Crippen molar-refractivity contribution >= 4 is 15.9 Å². The Hall–Kier alpha value is -1.40. The van der Waals surface area contributed by atoms with Gasteiger partial charge in [-0.25, -0.2) is 4.39 Å². The fraction of sp³-hybridized carbons (Fsp3) is 0.357. The molecule has 0 spiro atoms. The molecule has 1 aromatic heterocycles. The highest BCUT2D eigenvalue weighted by Crippen LogP contribution is 2.29. The topological polar surface area (TPSA) is 47.3 Å². The molecule has 0 unspecified atom stereocenters. The van der Waals surface area contributed by atoms with Gasteiger partial charge in [0.1, 0.15) is 17.8 Å². The molecule has 0 fully saturated rings. The number of nitrogens with one attached hydrogen (secondary N) is 1. The highest BCUT2D eigenvalue weighted by molar-refractivity contribution is 9.10. The molecule has 108 valence electrons. The van der Waals surface area contributed by atoms with Gasteiger partial charge in [-0.15, -0.1) is 0 Å². The number of oxazole rings is 1. The molecular weight excluding hydrogens is 327 g/mol. The van der Waals surface area contributed by atoms with Gasteiger partial charge in [0, 0.05) is 12.6 Å². The van der Waals surface area contributed by atoms with Crippen molar-refractivity contribution in [2.24, 2.45) is 5.92 Å². The number of benzene rings is 1. The van der Waals surface area contributed by atoms with E-state index in [4.69, 9.17) is 9.15 Å². The van der Waals surface area contributed by atoms with Crippen molar-refractivity contribution < 1.29 is 13.5 Å². The second-order valence-electron chi connectivity index (χ2n) is 4.81. The van der Waals surface area contributed by atoms with Crippen molar-refractivity contribution in [3.63, 3.8) is 0 Å². The average Bonchev–Trinajstić information content (AvgIpc) is 2.81. The molecule has 0 amide bonds. The van der Waals surface area contributed by atoms with E-state index in [-0.39, 0.29) is 11.9 Å². The number of hydrogen-bond donors (Lipinski definition) is 1. The molecule has 4 nitrogen and oxygen atoms in total. The molecule has 1 heterocycles. The van der Waals surface area contributed by atoms with Crippen LogP contribution in [0.25, 0.3) is 0 Å². The van der Waals surface area contributed by atoms with E-state index in [1.54, 1.807) is 6.07 Å². The Morgan fingerprint density at radius 1 is 1.45 bits per heavy atom. The predicted molar refractivity (Wildman–Crippen MR) is 77.2 cm³/mol. The SMILES string of the molecule is CC(C)CNCc1coc(Oc2cc(F)ccc2Br)n1. The molecule has 0 saturated heterocycles. The Balaban J connectivity index is 1.97. The Kier molecular flexibility index (Phi) is 5.14. The highest BCUT2D eigenvalue weighted by Gasteiger charge is 2.10. The van der Waals surface area contributed by atoms with Crippen LogP contribution in [0, 0.1) is 11.7 Å². The van der Waals surface area contributed by atoms with Gasteiger partial charge < -0.3 is 14.5 Å². The normalized spacial score (nSPS) is 11.1. The van der Waals surface area contributed by atoms with Gasteiger partial charge in [-0.2, -0.15) is 4.98 Å². The smallest absolute Gasteiger partial charge is 0.399 e. The lowest BCUT2D eigenvalue weighted by Gasteiger charge is -2.04. The molecular formula is C14H16BrFN2O2. The first-order valence-corrected chi connectivity index (χ1v) is 7.12. The quantitative estimate of drug-likeness (QED) is 0.857. The minimum absolute atomic E-state index is 0.0950. The molecule has 2 rings (SSSR count). The summed E-state index contributed by atoms with van der Waals surface area (Å²) in [6, 6.07) is 4.18. The second kappa shape index (κ2) is 6.85. The fourth-order valence-electron chi connectivity index (χ4n) is 1.55. The third kappa shape index (κ3) is 4.31. The molecule has 0 aliphatic heterocycles. The van der Waals surface area contributed by atoms with Crippen molar-refractivity contribution in [1.82, 2.24) is 10.3 Å². The monoisotopic (exact) mass is 342 g/mol. The molecule has 6 heteroatoms. The number of nitrogens with zero attached hydrogens (tertiary/aromatic N) is 1. The summed E-state index contributed by atoms with van der Waals surface area (Å²) in [6.07, 6.45) is 1.62. The number of halogens is 2. The zero-order valence-corrected chi connectivity index (χ0v) is 12.9. The van der Waals surface area contributed by atoms with Gasteiger partial charge >= 0.3 is 6.08 Å². The molecule has 0 bridgehead atoms. The van der Waals surface area contributed by atoms with Crippen LogP contribution in [0.5, 0.6) is 11.8 Å². The summed E-state index contributed by atoms with van der Waals surface area (Å²) in [5, 5.41) is 3.25. The summed E-state index contributed by atoms with van der Waals surface area (Å²) < 4.78 is 24.4. The highest BCUT2D eigenvalue weighted by atomic mass is 79.9. The van der Waals surface area contributed by atoms with Gasteiger partial charge in [0.05, 0.1) is 10.2 Å². The van der Waals surface area contributed by atoms with Crippen molar-refractivity contribution in [3.8, 4) is 11.8 Å². The van der Waals surface area contributed by atoms with Gasteiger partial charge in [-0.05, 0) is 40.5 Å². The number of hydrogen-bond acceptors (Lipinski definition) is 4. The van der Waals surface area contributed by atoms with Gasteiger partial charge in [-0.3, -0.25) is 0 Å². The molecule has 2 aromatic rings. The lowest BCUT2D eigenvalue weighted by Crippen LogP contribution is -2.19. The average molecular weight is 343 g/mol. The van der Waals surface area contributed by atoms with E-state index in [1.807, 2.05) is 0 Å². The second-order valence-corrected chi connectivity index (χ2v) is 5.66. The molecule has 0 atom stereocenters. The van der Waals surface area contributed by atoms with Crippen LogP contribution in [0.1, 0.15) is 19.5 Å². The summed E-state index contributed by atoms with van der Waals surface area (Å²) in [5.41, 5.74) is 0.744. The minimum Gasteiger partial charge on any atom is -0.417 e. The van der Waals surface area contributed by atoms with Crippen LogP contribution in [0.3, 0.4) is 0 Å². The van der Waals surface area contributed by atoms with E-state index in [0.717, 1.165) is 12.2 Å². The van der Waals surface area contributed by atoms with E-state index >= 15 is 0 Å². The third-order valence-electron chi connectivity index (χ3n) is 2.48. The number of ether oxygens (including phenoxy) is 1. The lowest BCUT2D eigenvalue weighted by atomic mass is 10.2.